The molecular weight excluding hydrogens is 1210 g/mol. The maximum Gasteiger partial charge on any atom is 0.0272 e. The van der Waals surface area contributed by atoms with Gasteiger partial charge in [-0.05, 0) is 25.7 Å². The normalized spacial score (nSPS) is 20.7. The Kier molecular flexibility index (Phi) is 87.0. The summed E-state index contributed by atoms with van der Waals surface area (Å²) in [5.41, 5.74) is 2.66. The third kappa shape index (κ3) is 21.8. The van der Waals surface area contributed by atoms with Crippen molar-refractivity contribution in [2.45, 2.75) is 59.5 Å². The molecule has 0 unspecified atom stereocenters. The minimum atomic E-state index is 0. The molecule has 1 aliphatic rings. The van der Waals surface area contributed by atoms with Crippen LogP contribution >= 0.6 is 0 Å². The van der Waals surface area contributed by atoms with Crippen LogP contribution < -0.4 is 4.90 Å². The maximum absolute atomic E-state index is 3.38. The summed E-state index contributed by atoms with van der Waals surface area (Å²) in [6.45, 7) is 13.8. The standard InChI is InChI=1S/C18H27N.11Y/c1-7-12(2)17-9-8-10-18(11-17)19-15(5)13(3)14(4)16(19)6;;;;;;;;;;;/h7-8,10-16H,1-6H3;;;;;;;;;;;/q-2;;;;;;;;;;;/t12-,13-,14+,15-,16+;;;;;;;;;;;/m1.........../s1. The molecular formula is C18H27NY11-2. The minimum Gasteiger partial charge on any atom is -0.387 e. The van der Waals surface area contributed by atoms with Crippen molar-refractivity contribution in [1.29, 1.82) is 0 Å². The predicted molar refractivity (Wildman–Crippen MR) is 83.4 cm³/mol. The van der Waals surface area contributed by atoms with E-state index in [1.165, 1.54) is 11.3 Å². The fraction of sp³-hybridized carbons (Fsp3) is 0.611. The van der Waals surface area contributed by atoms with Gasteiger partial charge in [-0.15, -0.1) is 12.1 Å². The fourth-order valence-electron chi connectivity index (χ4n) is 3.30. The molecule has 1 saturated heterocycles. The zero-order valence-corrected chi connectivity index (χ0v) is 50.7. The number of rotatable bonds is 3. The largest absolute Gasteiger partial charge is 0.387 e. The molecule has 0 bridgehead atoms. The van der Waals surface area contributed by atoms with Gasteiger partial charge in [-0.25, -0.2) is 0 Å². The first kappa shape index (κ1) is 68.4. The summed E-state index contributed by atoms with van der Waals surface area (Å²) in [4.78, 5) is 2.59. The quantitative estimate of drug-likeness (QED) is 0.399. The van der Waals surface area contributed by atoms with Gasteiger partial charge in [-0.1, -0.05) is 26.5 Å². The van der Waals surface area contributed by atoms with Crippen LogP contribution in [0.3, 0.4) is 0 Å². The van der Waals surface area contributed by atoms with E-state index in [9.17, 15) is 0 Å². The van der Waals surface area contributed by atoms with Gasteiger partial charge in [0, 0.05) is 372 Å². The van der Waals surface area contributed by atoms with Gasteiger partial charge in [-0.2, -0.15) is 30.5 Å². The van der Waals surface area contributed by atoms with Crippen molar-refractivity contribution in [2.75, 3.05) is 4.90 Å². The Balaban J connectivity index is -0.0000000455. The smallest absolute Gasteiger partial charge is 0.0272 e. The molecule has 2 rings (SSSR count). The molecule has 0 amide bonds. The van der Waals surface area contributed by atoms with Gasteiger partial charge in [0.25, 0.3) is 0 Å². The monoisotopic (exact) mass is 1240 g/mol. The summed E-state index contributed by atoms with van der Waals surface area (Å²) in [5.74, 6) is 1.97. The molecule has 11 radical (unpaired) electrons. The Morgan fingerprint density at radius 2 is 1.13 bits per heavy atom. The van der Waals surface area contributed by atoms with Crippen LogP contribution in [-0.4, -0.2) is 12.1 Å². The van der Waals surface area contributed by atoms with Crippen LogP contribution in [-0.2, 0) is 360 Å². The van der Waals surface area contributed by atoms with E-state index in [1.807, 2.05) is 0 Å². The van der Waals surface area contributed by atoms with Crippen LogP contribution in [0.1, 0.15) is 53.0 Å². The van der Waals surface area contributed by atoms with Gasteiger partial charge in [0.05, 0.1) is 0 Å². The van der Waals surface area contributed by atoms with Gasteiger partial charge in [-0.3, -0.25) is 0 Å². The number of hydrogen-bond donors (Lipinski definition) is 0. The van der Waals surface area contributed by atoms with Crippen molar-refractivity contribution in [3.63, 3.8) is 0 Å². The van der Waals surface area contributed by atoms with E-state index in [2.05, 4.69) is 77.1 Å². The van der Waals surface area contributed by atoms with Crippen molar-refractivity contribution >= 4 is 5.69 Å². The Bertz CT molecular complexity index is 440. The zero-order chi connectivity index (χ0) is 14.2. The van der Waals surface area contributed by atoms with Crippen molar-refractivity contribution in [2.24, 2.45) is 11.8 Å². The summed E-state index contributed by atoms with van der Waals surface area (Å²) < 4.78 is 0. The Morgan fingerprint density at radius 3 is 1.47 bits per heavy atom. The molecule has 1 heterocycles. The molecule has 1 aromatic carbocycles. The molecule has 12 heteroatoms. The van der Waals surface area contributed by atoms with Crippen molar-refractivity contribution < 1.29 is 360 Å². The molecule has 0 aromatic heterocycles. The van der Waals surface area contributed by atoms with Gasteiger partial charge in [0.1, 0.15) is 0 Å². The average molecular weight is 1240 g/mol. The average Bonchev–Trinajstić information content (AvgIpc) is 2.62. The minimum absolute atomic E-state index is 0. The van der Waals surface area contributed by atoms with Gasteiger partial charge < -0.3 is 11.3 Å². The van der Waals surface area contributed by atoms with Crippen molar-refractivity contribution in [3.05, 3.63) is 36.2 Å². The van der Waals surface area contributed by atoms with Crippen LogP contribution in [0.2, 0.25) is 0 Å². The molecule has 0 aliphatic carbocycles. The molecule has 0 saturated carbocycles. The predicted octanol–water partition coefficient (Wildman–Crippen LogP) is 4.66. The SMILES string of the molecule is C[CH-][C@@H](C)c1[c-]ccc(N2[C@H](C)[C@H](C)[C@H](C)[C@@H]2C)c1.[Y].[Y].[Y].[Y].[Y].[Y].[Y].[Y].[Y].[Y].[Y]. The van der Waals surface area contributed by atoms with Gasteiger partial charge >= 0.3 is 0 Å². The zero-order valence-electron chi connectivity index (χ0n) is 19.5. The second-order valence-electron chi connectivity index (χ2n) is 6.23. The summed E-state index contributed by atoms with van der Waals surface area (Å²) >= 11 is 0. The Morgan fingerprint density at radius 1 is 0.767 bits per heavy atom. The molecule has 0 spiro atoms. The van der Waals surface area contributed by atoms with Crippen LogP contribution in [0.15, 0.2) is 18.2 Å². The number of hydrogen-bond acceptors (Lipinski definition) is 1. The maximum atomic E-state index is 3.38. The molecule has 0 N–H and O–H groups in total. The first-order chi connectivity index (χ1) is 8.97. The second kappa shape index (κ2) is 38.2. The molecule has 30 heavy (non-hydrogen) atoms. The van der Waals surface area contributed by atoms with E-state index in [0.29, 0.717) is 18.0 Å². The van der Waals surface area contributed by atoms with Crippen LogP contribution in [0.25, 0.3) is 0 Å². The Hall–Kier alpha value is 11.2. The summed E-state index contributed by atoms with van der Waals surface area (Å²) in [5, 5.41) is 0. The van der Waals surface area contributed by atoms with Crippen LogP contribution in [0, 0.1) is 24.3 Å². The summed E-state index contributed by atoms with van der Waals surface area (Å²) in [6.07, 6.45) is 2.23. The topological polar surface area (TPSA) is 3.24 Å². The van der Waals surface area contributed by atoms with E-state index in [1.54, 1.807) is 0 Å². The molecule has 1 aliphatic heterocycles. The van der Waals surface area contributed by atoms with Crippen LogP contribution in [0.5, 0.6) is 0 Å². The van der Waals surface area contributed by atoms with Crippen molar-refractivity contribution in [1.82, 2.24) is 0 Å². The fourth-order valence-corrected chi connectivity index (χ4v) is 3.30. The first-order valence-corrected chi connectivity index (χ1v) is 7.56. The number of benzene rings is 1. The Labute approximate surface area is 464 Å². The number of anilines is 1. The molecule has 1 nitrogen and oxygen atoms in total. The van der Waals surface area contributed by atoms with Crippen molar-refractivity contribution in [3.8, 4) is 0 Å². The second-order valence-corrected chi connectivity index (χ2v) is 6.23. The van der Waals surface area contributed by atoms with Gasteiger partial charge in [0.2, 0.25) is 0 Å². The van der Waals surface area contributed by atoms with E-state index in [4.69, 9.17) is 0 Å². The van der Waals surface area contributed by atoms with E-state index in [-0.39, 0.29) is 360 Å². The molecule has 1 fully saturated rings. The van der Waals surface area contributed by atoms with Gasteiger partial charge in [0.15, 0.2) is 0 Å². The third-order valence-corrected chi connectivity index (χ3v) is 5.32. The van der Waals surface area contributed by atoms with E-state index >= 15 is 0 Å². The first-order valence-electron chi connectivity index (χ1n) is 7.56. The third-order valence-electron chi connectivity index (χ3n) is 5.32. The molecule has 139 valence electrons. The van der Waals surface area contributed by atoms with E-state index in [0.717, 1.165) is 11.8 Å². The molecule has 5 atom stereocenters. The van der Waals surface area contributed by atoms with Crippen LogP contribution in [0.4, 0.5) is 5.69 Å². The summed E-state index contributed by atoms with van der Waals surface area (Å²) in [7, 11) is 0. The summed E-state index contributed by atoms with van der Waals surface area (Å²) in [6, 6.07) is 11.2. The number of nitrogens with zero attached hydrogens (tertiary/aromatic N) is 1. The van der Waals surface area contributed by atoms with E-state index < -0.39 is 0 Å². The molecule has 1 aromatic rings.